The van der Waals surface area contributed by atoms with Gasteiger partial charge in [0.25, 0.3) is 0 Å². The van der Waals surface area contributed by atoms with Gasteiger partial charge in [0, 0.05) is 50.9 Å². The van der Waals surface area contributed by atoms with E-state index >= 15 is 0 Å². The van der Waals surface area contributed by atoms with Crippen LogP contribution in [-0.2, 0) is 11.3 Å². The van der Waals surface area contributed by atoms with Gasteiger partial charge in [-0.3, -0.25) is 14.7 Å². The lowest BCUT2D eigenvalue weighted by molar-refractivity contribution is -0.116. The van der Waals surface area contributed by atoms with E-state index in [0.29, 0.717) is 31.0 Å². The Bertz CT molecular complexity index is 632. The second kappa shape index (κ2) is 12.3. The summed E-state index contributed by atoms with van der Waals surface area (Å²) < 4.78 is 0. The summed E-state index contributed by atoms with van der Waals surface area (Å²) in [5.74, 6) is 1.49. The first-order valence-electron chi connectivity index (χ1n) is 10.0. The Morgan fingerprint density at radius 1 is 1.25 bits per heavy atom. The van der Waals surface area contributed by atoms with Crippen molar-refractivity contribution >= 4 is 41.5 Å². The van der Waals surface area contributed by atoms with Gasteiger partial charge in [-0.2, -0.15) is 0 Å². The summed E-state index contributed by atoms with van der Waals surface area (Å²) in [6.07, 6.45) is 1.41. The average molecular weight is 501 g/mol. The molecule has 1 aliphatic heterocycles. The fraction of sp³-hybridized carbons (Fsp3) is 0.619. The Kier molecular flexibility index (Phi) is 10.8. The van der Waals surface area contributed by atoms with Crippen LogP contribution < -0.4 is 16.0 Å². The summed E-state index contributed by atoms with van der Waals surface area (Å²) >= 11 is 0. The van der Waals surface area contributed by atoms with Crippen LogP contribution in [0.3, 0.4) is 0 Å². The Labute approximate surface area is 187 Å². The second-order valence-electron chi connectivity index (χ2n) is 7.70. The van der Waals surface area contributed by atoms with E-state index in [0.717, 1.165) is 36.7 Å². The molecule has 1 aromatic rings. The molecule has 2 atom stereocenters. The largest absolute Gasteiger partial charge is 0.352 e. The molecule has 0 spiro atoms. The number of hydrogen-bond donors (Lipinski definition) is 3. The minimum absolute atomic E-state index is 0. The molecule has 6 nitrogen and oxygen atoms in total. The van der Waals surface area contributed by atoms with E-state index in [-0.39, 0.29) is 29.9 Å². The van der Waals surface area contributed by atoms with Crippen LogP contribution in [0.2, 0.25) is 0 Å². The van der Waals surface area contributed by atoms with Crippen LogP contribution in [0.25, 0.3) is 0 Å². The lowest BCUT2D eigenvalue weighted by Gasteiger charge is -2.22. The summed E-state index contributed by atoms with van der Waals surface area (Å²) in [6, 6.07) is 8.93. The van der Waals surface area contributed by atoms with Crippen LogP contribution >= 0.6 is 24.0 Å². The number of likely N-dealkylation sites (tertiary alicyclic amines) is 1. The Balaban J connectivity index is 0.00000392. The average Bonchev–Trinajstić information content (AvgIpc) is 3.01. The maximum absolute atomic E-state index is 11.7. The third-order valence-electron chi connectivity index (χ3n) is 5.09. The zero-order chi connectivity index (χ0) is 19.8. The van der Waals surface area contributed by atoms with Gasteiger partial charge < -0.3 is 16.0 Å². The molecule has 0 aliphatic carbocycles. The molecule has 28 heavy (non-hydrogen) atoms. The van der Waals surface area contributed by atoms with Gasteiger partial charge in [-0.25, -0.2) is 0 Å². The number of nitrogens with zero attached hydrogens (tertiary/aromatic N) is 2. The van der Waals surface area contributed by atoms with E-state index in [1.807, 2.05) is 38.2 Å². The molecule has 1 aromatic carbocycles. The highest BCUT2D eigenvalue weighted by Gasteiger charge is 2.31. The van der Waals surface area contributed by atoms with Gasteiger partial charge in [0.05, 0.1) is 0 Å². The fourth-order valence-corrected chi connectivity index (χ4v) is 3.33. The predicted octanol–water partition coefficient (Wildman–Crippen LogP) is 3.44. The highest BCUT2D eigenvalue weighted by molar-refractivity contribution is 14.0. The molecule has 1 saturated heterocycles. The van der Waals surface area contributed by atoms with Gasteiger partial charge in [0.2, 0.25) is 5.91 Å². The molecule has 3 N–H and O–H groups in total. The molecule has 1 heterocycles. The quantitative estimate of drug-likeness (QED) is 0.304. The molecule has 1 amide bonds. The first-order chi connectivity index (χ1) is 12.9. The van der Waals surface area contributed by atoms with Crippen LogP contribution in [0.5, 0.6) is 0 Å². The Morgan fingerprint density at radius 2 is 1.93 bits per heavy atom. The first-order valence-corrected chi connectivity index (χ1v) is 10.0. The van der Waals surface area contributed by atoms with Gasteiger partial charge in [0.15, 0.2) is 5.96 Å². The standard InChI is InChI=1S/C21H35N5O.HI/c1-6-7-20(27)24-18-10-8-17(9-11-18)12-23-21(22-5)25-19-14-26(15(2)3)13-16(19)4;/h8-11,15-16,19H,6-7,12-14H2,1-5H3,(H,24,27)(H2,22,23,25);1H. The number of carbonyl (C=O) groups is 1. The molecular formula is C21H36IN5O. The highest BCUT2D eigenvalue weighted by atomic mass is 127. The third-order valence-corrected chi connectivity index (χ3v) is 5.09. The molecule has 7 heteroatoms. The number of amides is 1. The minimum atomic E-state index is 0. The van der Waals surface area contributed by atoms with Crippen molar-refractivity contribution in [3.05, 3.63) is 29.8 Å². The van der Waals surface area contributed by atoms with Crippen LogP contribution in [-0.4, -0.2) is 49.0 Å². The molecule has 2 unspecified atom stereocenters. The van der Waals surface area contributed by atoms with Gasteiger partial charge in [-0.1, -0.05) is 26.0 Å². The van der Waals surface area contributed by atoms with E-state index in [2.05, 4.69) is 46.6 Å². The molecule has 2 rings (SSSR count). The topological polar surface area (TPSA) is 68.8 Å². The molecule has 158 valence electrons. The first kappa shape index (κ1) is 24.7. The molecule has 0 saturated carbocycles. The van der Waals surface area contributed by atoms with Crippen LogP contribution in [0.4, 0.5) is 5.69 Å². The van der Waals surface area contributed by atoms with Crippen molar-refractivity contribution in [2.24, 2.45) is 10.9 Å². The van der Waals surface area contributed by atoms with Crippen LogP contribution in [0, 0.1) is 5.92 Å². The zero-order valence-electron chi connectivity index (χ0n) is 17.8. The minimum Gasteiger partial charge on any atom is -0.352 e. The van der Waals surface area contributed by atoms with Crippen molar-refractivity contribution in [2.45, 2.75) is 59.2 Å². The van der Waals surface area contributed by atoms with Gasteiger partial charge in [-0.15, -0.1) is 24.0 Å². The monoisotopic (exact) mass is 501 g/mol. The van der Waals surface area contributed by atoms with E-state index in [1.54, 1.807) is 0 Å². The molecule has 1 fully saturated rings. The summed E-state index contributed by atoms with van der Waals surface area (Å²) in [5, 5.41) is 9.87. The SMILES string of the molecule is CCCC(=O)Nc1ccc(CNC(=NC)NC2CN(C(C)C)CC2C)cc1.I. The summed E-state index contributed by atoms with van der Waals surface area (Å²) in [4.78, 5) is 18.5. The maximum atomic E-state index is 11.7. The fourth-order valence-electron chi connectivity index (χ4n) is 3.33. The van der Waals surface area contributed by atoms with Crippen LogP contribution in [0.1, 0.15) is 46.1 Å². The number of guanidine groups is 1. The normalized spacial score (nSPS) is 20.0. The van der Waals surface area contributed by atoms with Crippen molar-refractivity contribution < 1.29 is 4.79 Å². The van der Waals surface area contributed by atoms with Crippen molar-refractivity contribution in [3.63, 3.8) is 0 Å². The zero-order valence-corrected chi connectivity index (χ0v) is 20.1. The number of benzene rings is 1. The molecule has 0 bridgehead atoms. The smallest absolute Gasteiger partial charge is 0.224 e. The lowest BCUT2D eigenvalue weighted by atomic mass is 10.1. The number of anilines is 1. The molecule has 0 radical (unpaired) electrons. The van der Waals surface area contributed by atoms with E-state index in [9.17, 15) is 4.79 Å². The predicted molar refractivity (Wildman–Crippen MR) is 128 cm³/mol. The molecule has 0 aromatic heterocycles. The van der Waals surface area contributed by atoms with Crippen molar-refractivity contribution in [1.29, 1.82) is 0 Å². The summed E-state index contributed by atoms with van der Waals surface area (Å²) in [6.45, 7) is 11.6. The van der Waals surface area contributed by atoms with E-state index in [1.165, 1.54) is 0 Å². The molecular weight excluding hydrogens is 465 g/mol. The van der Waals surface area contributed by atoms with Gasteiger partial charge >= 0.3 is 0 Å². The van der Waals surface area contributed by atoms with Crippen molar-refractivity contribution in [1.82, 2.24) is 15.5 Å². The van der Waals surface area contributed by atoms with E-state index < -0.39 is 0 Å². The second-order valence-corrected chi connectivity index (χ2v) is 7.70. The van der Waals surface area contributed by atoms with Gasteiger partial charge in [0.1, 0.15) is 0 Å². The molecule has 1 aliphatic rings. The lowest BCUT2D eigenvalue weighted by Crippen LogP contribution is -2.46. The van der Waals surface area contributed by atoms with Crippen LogP contribution in [0.15, 0.2) is 29.3 Å². The number of rotatable bonds is 7. The number of nitrogens with one attached hydrogen (secondary N) is 3. The third kappa shape index (κ3) is 7.58. The maximum Gasteiger partial charge on any atom is 0.224 e. The van der Waals surface area contributed by atoms with Crippen molar-refractivity contribution in [2.75, 3.05) is 25.5 Å². The summed E-state index contributed by atoms with van der Waals surface area (Å²) in [5.41, 5.74) is 1.99. The number of carbonyl (C=O) groups excluding carboxylic acids is 1. The number of hydrogen-bond acceptors (Lipinski definition) is 3. The highest BCUT2D eigenvalue weighted by Crippen LogP contribution is 2.18. The number of aliphatic imine (C=N–C) groups is 1. The van der Waals surface area contributed by atoms with Crippen molar-refractivity contribution in [3.8, 4) is 0 Å². The summed E-state index contributed by atoms with van der Waals surface area (Å²) in [7, 11) is 1.81. The van der Waals surface area contributed by atoms with Gasteiger partial charge in [-0.05, 0) is 43.9 Å². The van der Waals surface area contributed by atoms with E-state index in [4.69, 9.17) is 0 Å². The number of halogens is 1. The Hall–Kier alpha value is -1.35. The Morgan fingerprint density at radius 3 is 2.46 bits per heavy atom.